The second-order valence-electron chi connectivity index (χ2n) is 7.49. The minimum Gasteiger partial charge on any atom is -0.261 e. The Morgan fingerprint density at radius 3 is 2.69 bits per heavy atom. The maximum Gasteiger partial charge on any atom is 0.270 e. The fourth-order valence-corrected chi connectivity index (χ4v) is 5.30. The number of nitro benzene ring substituents is 1. The second kappa shape index (κ2) is 10.4. The first-order valence-electron chi connectivity index (χ1n) is 10.3. The summed E-state index contributed by atoms with van der Waals surface area (Å²) in [5.74, 6) is -0.0740. The van der Waals surface area contributed by atoms with Crippen molar-refractivity contribution in [1.29, 1.82) is 5.26 Å². The monoisotopic (exact) mass is 538 g/mol. The smallest absolute Gasteiger partial charge is 0.261 e. The number of hydrogen-bond acceptors (Lipinski definition) is 9. The molecule has 0 spiro atoms. The van der Waals surface area contributed by atoms with Gasteiger partial charge >= 0.3 is 0 Å². The van der Waals surface area contributed by atoms with Crippen LogP contribution in [0.4, 0.5) is 11.5 Å². The number of anilines is 1. The van der Waals surface area contributed by atoms with Gasteiger partial charge in [0.1, 0.15) is 0 Å². The van der Waals surface area contributed by atoms with Crippen LogP contribution in [0, 0.1) is 21.4 Å². The number of nitrogens with zero attached hydrogens (tertiary/aromatic N) is 5. The van der Waals surface area contributed by atoms with Crippen LogP contribution in [0.2, 0.25) is 0 Å². The van der Waals surface area contributed by atoms with Gasteiger partial charge in [-0.25, -0.2) is 12.5 Å². The Labute approximate surface area is 216 Å². The molecule has 4 rings (SSSR count). The Hall–Kier alpha value is -3.86. The summed E-state index contributed by atoms with van der Waals surface area (Å²) < 4.78 is 30.0. The van der Waals surface area contributed by atoms with Gasteiger partial charge in [-0.15, -0.1) is 16.9 Å². The van der Waals surface area contributed by atoms with Crippen LogP contribution >= 0.6 is 24.6 Å². The maximum atomic E-state index is 13.2. The van der Waals surface area contributed by atoms with Crippen LogP contribution in [-0.4, -0.2) is 33.8 Å². The lowest BCUT2D eigenvalue weighted by Crippen LogP contribution is -2.14. The molecular weight excluding hydrogens is 520 g/mol. The molecule has 0 aliphatic rings. The molecule has 182 valence electrons. The Bertz CT molecular complexity index is 1610. The number of nitriles is 1. The molecule has 0 atom stereocenters. The van der Waals surface area contributed by atoms with E-state index in [0.717, 1.165) is 16.5 Å². The zero-order chi connectivity index (χ0) is 25.9. The standard InChI is InChI=1S/C23H18N6O4S3/c1-35-18-6-2-4-15(10-18)12-21-22(20-11-16(14-24)8-9-25-20)23(26-28(21)34)27-36(32,33)19-7-3-5-17(13-19)29(30)31/h2-11,13,34H,12H2,1H3,(H,26,27). The Balaban J connectivity index is 1.84. The first-order chi connectivity index (χ1) is 17.2. The van der Waals surface area contributed by atoms with E-state index in [9.17, 15) is 23.8 Å². The maximum absolute atomic E-state index is 13.2. The summed E-state index contributed by atoms with van der Waals surface area (Å²) in [6.45, 7) is 0. The van der Waals surface area contributed by atoms with E-state index in [1.165, 1.54) is 40.6 Å². The summed E-state index contributed by atoms with van der Waals surface area (Å²) in [5, 5.41) is 24.8. The molecule has 0 saturated carbocycles. The Morgan fingerprint density at radius 2 is 1.97 bits per heavy atom. The van der Waals surface area contributed by atoms with E-state index >= 15 is 0 Å². The van der Waals surface area contributed by atoms with E-state index in [2.05, 4.69) is 27.6 Å². The number of non-ortho nitro benzene ring substituents is 1. The molecule has 2 aromatic heterocycles. The van der Waals surface area contributed by atoms with Crippen LogP contribution in [-0.2, 0) is 16.4 Å². The van der Waals surface area contributed by atoms with Crippen LogP contribution in [0.1, 0.15) is 16.8 Å². The van der Waals surface area contributed by atoms with Crippen molar-refractivity contribution >= 4 is 46.1 Å². The van der Waals surface area contributed by atoms with Crippen molar-refractivity contribution in [3.8, 4) is 17.3 Å². The third-order valence-corrected chi connectivity index (χ3v) is 7.58. The van der Waals surface area contributed by atoms with E-state index in [1.54, 1.807) is 11.8 Å². The van der Waals surface area contributed by atoms with E-state index in [1.807, 2.05) is 36.6 Å². The van der Waals surface area contributed by atoms with Gasteiger partial charge in [0, 0.05) is 29.6 Å². The molecule has 0 aliphatic heterocycles. The van der Waals surface area contributed by atoms with Crippen molar-refractivity contribution in [3.05, 3.63) is 93.8 Å². The first kappa shape index (κ1) is 25.2. The number of rotatable bonds is 8. The third-order valence-electron chi connectivity index (χ3n) is 5.18. The number of nitrogens with one attached hydrogen (secondary N) is 1. The van der Waals surface area contributed by atoms with Crippen LogP contribution in [0.15, 0.2) is 76.7 Å². The normalized spacial score (nSPS) is 11.1. The van der Waals surface area contributed by atoms with Crippen LogP contribution < -0.4 is 4.72 Å². The average Bonchev–Trinajstić information content (AvgIpc) is 3.17. The molecule has 0 bridgehead atoms. The lowest BCUT2D eigenvalue weighted by Gasteiger charge is -2.10. The zero-order valence-corrected chi connectivity index (χ0v) is 21.2. The molecule has 4 aromatic rings. The fraction of sp³-hybridized carbons (Fsp3) is 0.0870. The molecule has 1 N–H and O–H groups in total. The molecule has 0 saturated heterocycles. The van der Waals surface area contributed by atoms with Crippen molar-refractivity contribution in [2.24, 2.45) is 0 Å². The van der Waals surface area contributed by atoms with Crippen molar-refractivity contribution in [1.82, 2.24) is 14.2 Å². The highest BCUT2D eigenvalue weighted by Gasteiger charge is 2.26. The predicted molar refractivity (Wildman–Crippen MR) is 139 cm³/mol. The van der Waals surface area contributed by atoms with E-state index < -0.39 is 14.9 Å². The topological polar surface area (TPSA) is 144 Å². The minimum absolute atomic E-state index is 0.0740. The Morgan fingerprint density at radius 1 is 1.19 bits per heavy atom. The van der Waals surface area contributed by atoms with Gasteiger partial charge in [-0.3, -0.25) is 19.8 Å². The first-order valence-corrected chi connectivity index (χ1v) is 13.4. The number of benzene rings is 2. The summed E-state index contributed by atoms with van der Waals surface area (Å²) in [5.41, 5.74) is 2.09. The van der Waals surface area contributed by atoms with Gasteiger partial charge < -0.3 is 0 Å². The van der Waals surface area contributed by atoms with E-state index in [0.29, 0.717) is 28.9 Å². The number of aromatic nitrogens is 3. The summed E-state index contributed by atoms with van der Waals surface area (Å²) in [6.07, 6.45) is 3.75. The van der Waals surface area contributed by atoms with Gasteiger partial charge in [0.2, 0.25) is 0 Å². The van der Waals surface area contributed by atoms with Crippen LogP contribution in [0.5, 0.6) is 0 Å². The number of thiol groups is 1. The molecule has 13 heteroatoms. The summed E-state index contributed by atoms with van der Waals surface area (Å²) in [6, 6.07) is 17.6. The highest BCUT2D eigenvalue weighted by Crippen LogP contribution is 2.34. The van der Waals surface area contributed by atoms with Crippen molar-refractivity contribution in [3.63, 3.8) is 0 Å². The number of thioether (sulfide) groups is 1. The van der Waals surface area contributed by atoms with Gasteiger partial charge in [-0.2, -0.15) is 5.26 Å². The summed E-state index contributed by atoms with van der Waals surface area (Å²) >= 11 is 6.02. The highest BCUT2D eigenvalue weighted by molar-refractivity contribution is 7.98. The number of nitro groups is 1. The van der Waals surface area contributed by atoms with Gasteiger partial charge in [0.05, 0.1) is 38.4 Å². The molecule has 36 heavy (non-hydrogen) atoms. The highest BCUT2D eigenvalue weighted by atomic mass is 32.2. The van der Waals surface area contributed by atoms with Gasteiger partial charge in [-0.1, -0.05) is 18.2 Å². The van der Waals surface area contributed by atoms with Gasteiger partial charge in [-0.05, 0) is 55.0 Å². The summed E-state index contributed by atoms with van der Waals surface area (Å²) in [7, 11) is -4.26. The molecule has 0 radical (unpaired) electrons. The lowest BCUT2D eigenvalue weighted by atomic mass is 10.0. The minimum atomic E-state index is -4.26. The van der Waals surface area contributed by atoms with E-state index in [4.69, 9.17) is 0 Å². The number of hydrogen-bond donors (Lipinski definition) is 2. The number of pyridine rings is 1. The SMILES string of the molecule is CSc1cccc(Cc2c(-c3cc(C#N)ccn3)c(NS(=O)(=O)c3cccc([N+](=O)[O-])c3)nn2S)c1. The van der Waals surface area contributed by atoms with Crippen molar-refractivity contribution in [2.45, 2.75) is 16.2 Å². The zero-order valence-electron chi connectivity index (χ0n) is 18.7. The molecule has 0 unspecified atom stereocenters. The van der Waals surface area contributed by atoms with Crippen molar-refractivity contribution < 1.29 is 13.3 Å². The number of sulfonamides is 1. The fourth-order valence-electron chi connectivity index (χ4n) is 3.50. The predicted octanol–water partition coefficient (Wildman–Crippen LogP) is 4.53. The van der Waals surface area contributed by atoms with Crippen LogP contribution in [0.3, 0.4) is 0 Å². The molecule has 0 amide bonds. The van der Waals surface area contributed by atoms with E-state index in [-0.39, 0.29) is 16.4 Å². The molecule has 0 fully saturated rings. The molecule has 2 aromatic carbocycles. The average molecular weight is 539 g/mol. The molecular formula is C23H18N6O4S3. The lowest BCUT2D eigenvalue weighted by molar-refractivity contribution is -0.385. The quantitative estimate of drug-likeness (QED) is 0.144. The van der Waals surface area contributed by atoms with Gasteiger partial charge in [0.25, 0.3) is 15.7 Å². The van der Waals surface area contributed by atoms with Gasteiger partial charge in [0.15, 0.2) is 5.82 Å². The largest absolute Gasteiger partial charge is 0.270 e. The molecule has 0 aliphatic carbocycles. The summed E-state index contributed by atoms with van der Waals surface area (Å²) in [4.78, 5) is 15.5. The van der Waals surface area contributed by atoms with Crippen LogP contribution in [0.25, 0.3) is 11.3 Å². The molecule has 10 nitrogen and oxygen atoms in total. The third kappa shape index (κ3) is 5.35. The molecule has 2 heterocycles. The second-order valence-corrected chi connectivity index (χ2v) is 10.4. The Kier molecular flexibility index (Phi) is 7.30. The van der Waals surface area contributed by atoms with Crippen molar-refractivity contribution in [2.75, 3.05) is 11.0 Å².